The second-order valence-corrected chi connectivity index (χ2v) is 5.40. The van der Waals surface area contributed by atoms with E-state index in [0.717, 1.165) is 6.42 Å². The van der Waals surface area contributed by atoms with Crippen LogP contribution in [0.1, 0.15) is 13.3 Å². The Balaban J connectivity index is -0.000000500. The Kier molecular flexibility index (Phi) is 13.3. The third-order valence-corrected chi connectivity index (χ3v) is 4.77. The highest BCUT2D eigenvalue weighted by Crippen LogP contribution is 2.11. The van der Waals surface area contributed by atoms with E-state index >= 15 is 0 Å². The summed E-state index contributed by atoms with van der Waals surface area (Å²) in [5, 5.41) is 0. The lowest BCUT2D eigenvalue weighted by Gasteiger charge is -2.28. The van der Waals surface area contributed by atoms with Gasteiger partial charge in [0, 0.05) is 21.3 Å². The number of rotatable bonds is 5. The van der Waals surface area contributed by atoms with Crippen LogP contribution in [0.15, 0.2) is 0 Å². The van der Waals surface area contributed by atoms with Crippen LogP contribution in [0.25, 0.3) is 0 Å². The van der Waals surface area contributed by atoms with Crippen molar-refractivity contribution in [2.24, 2.45) is 5.73 Å². The predicted molar refractivity (Wildman–Crippen MR) is 60.4 cm³/mol. The van der Waals surface area contributed by atoms with Crippen molar-refractivity contribution >= 4 is 25.8 Å². The third-order valence-electron chi connectivity index (χ3n) is 1.75. The average Bonchev–Trinajstić information content (AvgIpc) is 2.08. The Morgan fingerprint density at radius 1 is 1.15 bits per heavy atom. The predicted octanol–water partition coefficient (Wildman–Crippen LogP) is 0.881. The average molecular weight is 277 g/mol. The monoisotopic (exact) mass is 276 g/mol. The van der Waals surface area contributed by atoms with Gasteiger partial charge in [-0.25, -0.2) is 0 Å². The molecule has 13 heavy (non-hydrogen) atoms. The maximum Gasteiger partial charge on any atom is 0.517 e. The van der Waals surface area contributed by atoms with Crippen molar-refractivity contribution < 1.29 is 13.3 Å². The zero-order chi connectivity index (χ0) is 8.91. The second kappa shape index (κ2) is 9.07. The topological polar surface area (TPSA) is 88.7 Å². The Bertz CT molecular complexity index is 108. The van der Waals surface area contributed by atoms with Gasteiger partial charge in [-0.3, -0.25) is 0 Å². The van der Waals surface area contributed by atoms with Crippen LogP contribution in [0.4, 0.5) is 0 Å². The molecule has 0 saturated carbocycles. The van der Waals surface area contributed by atoms with Gasteiger partial charge in [0.15, 0.2) is 0 Å². The van der Waals surface area contributed by atoms with Crippen LogP contribution in [-0.2, 0) is 13.3 Å². The highest BCUT2D eigenvalue weighted by Gasteiger charge is 2.44. The molecule has 0 aliphatic heterocycles. The zero-order valence-corrected chi connectivity index (χ0v) is 11.4. The van der Waals surface area contributed by atoms with Gasteiger partial charge in [0.1, 0.15) is 0 Å². The number of halogens is 1. The molecule has 0 aromatic carbocycles. The first-order chi connectivity index (χ1) is 5.16. The summed E-state index contributed by atoms with van der Waals surface area (Å²) in [5.41, 5.74) is 5.63. The molecule has 0 fully saturated rings. The molecule has 0 saturated heterocycles. The molecule has 0 spiro atoms. The normalized spacial score (nSPS) is 12.7. The largest absolute Gasteiger partial charge is 0.517 e. The molecule has 1 unspecified atom stereocenters. The number of nitrogens with two attached hydrogens (primary N) is 1. The molecule has 0 bridgehead atoms. The molecule has 0 aromatic heterocycles. The maximum absolute atomic E-state index is 5.77. The van der Waals surface area contributed by atoms with Gasteiger partial charge in [0.25, 0.3) is 0 Å². The van der Waals surface area contributed by atoms with E-state index in [2.05, 4.69) is 0 Å². The SMILES string of the molecule is Br.CCC(N)[Si](OC)(OC)OC.N. The van der Waals surface area contributed by atoms with E-state index in [-0.39, 0.29) is 28.8 Å². The van der Waals surface area contributed by atoms with Gasteiger partial charge in [-0.05, 0) is 6.42 Å². The fourth-order valence-electron chi connectivity index (χ4n) is 0.954. The first-order valence-electron chi connectivity index (χ1n) is 3.57. The van der Waals surface area contributed by atoms with Crippen LogP contribution >= 0.6 is 17.0 Å². The van der Waals surface area contributed by atoms with Gasteiger partial charge in [-0.15, -0.1) is 17.0 Å². The lowest BCUT2D eigenvalue weighted by molar-refractivity contribution is 0.112. The summed E-state index contributed by atoms with van der Waals surface area (Å²) in [6, 6.07) is 0. The number of hydrogen-bond acceptors (Lipinski definition) is 5. The Labute approximate surface area is 91.6 Å². The summed E-state index contributed by atoms with van der Waals surface area (Å²) in [6.45, 7) is 1.98. The van der Waals surface area contributed by atoms with Crippen molar-refractivity contribution in [2.45, 2.75) is 19.0 Å². The first-order valence-corrected chi connectivity index (χ1v) is 5.38. The summed E-state index contributed by atoms with van der Waals surface area (Å²) in [6.07, 6.45) is 0.793. The highest BCUT2D eigenvalue weighted by molar-refractivity contribution is 8.93. The van der Waals surface area contributed by atoms with Gasteiger partial charge in [0.2, 0.25) is 0 Å². The van der Waals surface area contributed by atoms with E-state index in [0.29, 0.717) is 0 Å². The van der Waals surface area contributed by atoms with Crippen molar-refractivity contribution in [3.05, 3.63) is 0 Å². The molecule has 5 N–H and O–H groups in total. The quantitative estimate of drug-likeness (QED) is 0.728. The molecule has 0 rings (SSSR count). The van der Waals surface area contributed by atoms with Crippen molar-refractivity contribution in [3.63, 3.8) is 0 Å². The van der Waals surface area contributed by atoms with Crippen LogP contribution in [0.2, 0.25) is 0 Å². The summed E-state index contributed by atoms with van der Waals surface area (Å²) in [7, 11) is 2.15. The van der Waals surface area contributed by atoms with E-state index in [9.17, 15) is 0 Å². The molecule has 0 radical (unpaired) electrons. The summed E-state index contributed by atoms with van der Waals surface area (Å²) >= 11 is 0. The summed E-state index contributed by atoms with van der Waals surface area (Å²) in [4.78, 5) is 0. The van der Waals surface area contributed by atoms with Crippen LogP contribution < -0.4 is 11.9 Å². The van der Waals surface area contributed by atoms with Gasteiger partial charge >= 0.3 is 8.80 Å². The minimum Gasteiger partial charge on any atom is -0.376 e. The van der Waals surface area contributed by atoms with E-state index in [4.69, 9.17) is 19.0 Å². The molecule has 0 heterocycles. The fraction of sp³-hybridized carbons (Fsp3) is 1.00. The maximum atomic E-state index is 5.77. The number of hydrogen-bond donors (Lipinski definition) is 2. The van der Waals surface area contributed by atoms with Gasteiger partial charge in [-0.1, -0.05) is 6.92 Å². The van der Waals surface area contributed by atoms with Crippen LogP contribution in [0.3, 0.4) is 0 Å². The molecule has 84 valence electrons. The molecule has 0 amide bonds. The van der Waals surface area contributed by atoms with Crippen molar-refractivity contribution in [1.29, 1.82) is 0 Å². The Morgan fingerprint density at radius 2 is 1.46 bits per heavy atom. The van der Waals surface area contributed by atoms with Crippen LogP contribution in [-0.4, -0.2) is 35.8 Å². The third kappa shape index (κ3) is 4.50. The molecule has 5 nitrogen and oxygen atoms in total. The summed E-state index contributed by atoms with van der Waals surface area (Å²) in [5.74, 6) is 0. The Hall–Kier alpha value is 0.497. The lowest BCUT2D eigenvalue weighted by Crippen LogP contribution is -2.58. The van der Waals surface area contributed by atoms with Crippen molar-refractivity contribution in [2.75, 3.05) is 21.3 Å². The van der Waals surface area contributed by atoms with Gasteiger partial charge < -0.3 is 25.2 Å². The smallest absolute Gasteiger partial charge is 0.376 e. The lowest BCUT2D eigenvalue weighted by atomic mass is 10.5. The van der Waals surface area contributed by atoms with E-state index < -0.39 is 8.80 Å². The molecule has 0 aliphatic carbocycles. The zero-order valence-electron chi connectivity index (χ0n) is 8.70. The van der Waals surface area contributed by atoms with Gasteiger partial charge in [-0.2, -0.15) is 0 Å². The van der Waals surface area contributed by atoms with Crippen LogP contribution in [0.5, 0.6) is 0 Å². The minimum atomic E-state index is -2.54. The van der Waals surface area contributed by atoms with E-state index in [1.165, 1.54) is 0 Å². The first kappa shape index (κ1) is 19.1. The minimum absolute atomic E-state index is 0. The molecule has 0 aliphatic rings. The standard InChI is InChI=1S/C6H17NO3Si.BrH.H3N/c1-5-6(7)11(8-2,9-3)10-4;;/h6H,5,7H2,1-4H3;1H;1H3. The fourth-order valence-corrected chi connectivity index (χ4v) is 2.86. The highest BCUT2D eigenvalue weighted by atomic mass is 79.9. The molecular weight excluding hydrogens is 256 g/mol. The Morgan fingerprint density at radius 3 is 1.54 bits per heavy atom. The molecule has 0 aromatic rings. The van der Waals surface area contributed by atoms with Crippen LogP contribution in [0, 0.1) is 0 Å². The van der Waals surface area contributed by atoms with Gasteiger partial charge in [0.05, 0.1) is 5.67 Å². The molecular formula is C6H21BrN2O3Si. The van der Waals surface area contributed by atoms with E-state index in [1.807, 2.05) is 6.92 Å². The second-order valence-electron chi connectivity index (χ2n) is 2.23. The molecule has 1 atom stereocenters. The van der Waals surface area contributed by atoms with Crippen molar-refractivity contribution in [1.82, 2.24) is 6.15 Å². The molecule has 7 heteroatoms. The van der Waals surface area contributed by atoms with E-state index in [1.54, 1.807) is 21.3 Å². The summed E-state index contributed by atoms with van der Waals surface area (Å²) < 4.78 is 15.5. The van der Waals surface area contributed by atoms with Crippen molar-refractivity contribution in [3.8, 4) is 0 Å².